The molecule has 0 aliphatic rings. The Labute approximate surface area is 92.5 Å². The summed E-state index contributed by atoms with van der Waals surface area (Å²) in [6.45, 7) is 5.23. The van der Waals surface area contributed by atoms with Crippen LogP contribution in [0.4, 0.5) is 0 Å². The van der Waals surface area contributed by atoms with Gasteiger partial charge in [-0.1, -0.05) is 32.0 Å². The van der Waals surface area contributed by atoms with Gasteiger partial charge < -0.3 is 5.11 Å². The van der Waals surface area contributed by atoms with E-state index in [1.165, 1.54) is 0 Å². The molecule has 1 rings (SSSR count). The molecule has 15 heavy (non-hydrogen) atoms. The normalized spacial score (nSPS) is 11.3. The highest BCUT2D eigenvalue weighted by Crippen LogP contribution is 2.19. The lowest BCUT2D eigenvalue weighted by Gasteiger charge is -2.26. The molecule has 0 spiro atoms. The first-order chi connectivity index (χ1) is 7.19. The van der Waals surface area contributed by atoms with Crippen LogP contribution >= 0.6 is 0 Å². The SMILES string of the molecule is CCC(CC)N(C)Cc1ccccc1O. The van der Waals surface area contributed by atoms with Crippen molar-refractivity contribution < 1.29 is 5.11 Å². The first kappa shape index (κ1) is 12.1. The number of para-hydroxylation sites is 1. The van der Waals surface area contributed by atoms with Crippen LogP contribution in [-0.4, -0.2) is 23.1 Å². The first-order valence-corrected chi connectivity index (χ1v) is 5.66. The zero-order valence-corrected chi connectivity index (χ0v) is 9.90. The third-order valence-electron chi connectivity index (χ3n) is 2.98. The molecule has 0 fully saturated rings. The van der Waals surface area contributed by atoms with Crippen molar-refractivity contribution in [1.82, 2.24) is 4.90 Å². The first-order valence-electron chi connectivity index (χ1n) is 5.66. The number of aromatic hydroxyl groups is 1. The second kappa shape index (κ2) is 5.76. The Morgan fingerprint density at radius 2 is 1.80 bits per heavy atom. The van der Waals surface area contributed by atoms with E-state index < -0.39 is 0 Å². The summed E-state index contributed by atoms with van der Waals surface area (Å²) in [5, 5.41) is 9.66. The number of hydrogen-bond acceptors (Lipinski definition) is 2. The van der Waals surface area contributed by atoms with Crippen LogP contribution in [0.5, 0.6) is 5.75 Å². The molecule has 0 saturated heterocycles. The largest absolute Gasteiger partial charge is 0.508 e. The van der Waals surface area contributed by atoms with Crippen LogP contribution in [0.3, 0.4) is 0 Å². The molecule has 0 atom stereocenters. The van der Waals surface area contributed by atoms with Gasteiger partial charge in [0.25, 0.3) is 0 Å². The fourth-order valence-corrected chi connectivity index (χ4v) is 1.95. The van der Waals surface area contributed by atoms with E-state index in [1.54, 1.807) is 6.07 Å². The van der Waals surface area contributed by atoms with E-state index in [0.29, 0.717) is 11.8 Å². The third kappa shape index (κ3) is 3.24. The van der Waals surface area contributed by atoms with Crippen LogP contribution in [0, 0.1) is 0 Å². The van der Waals surface area contributed by atoms with Crippen LogP contribution in [0.15, 0.2) is 24.3 Å². The van der Waals surface area contributed by atoms with Gasteiger partial charge in [-0.15, -0.1) is 0 Å². The highest BCUT2D eigenvalue weighted by Gasteiger charge is 2.11. The van der Waals surface area contributed by atoms with Crippen molar-refractivity contribution in [3.05, 3.63) is 29.8 Å². The summed E-state index contributed by atoms with van der Waals surface area (Å²) >= 11 is 0. The summed E-state index contributed by atoms with van der Waals surface area (Å²) in [6.07, 6.45) is 2.31. The quantitative estimate of drug-likeness (QED) is 0.802. The van der Waals surface area contributed by atoms with Gasteiger partial charge in [0, 0.05) is 18.2 Å². The average molecular weight is 207 g/mol. The van der Waals surface area contributed by atoms with E-state index >= 15 is 0 Å². The van der Waals surface area contributed by atoms with Gasteiger partial charge in [0.1, 0.15) is 5.75 Å². The molecule has 0 bridgehead atoms. The Kier molecular flexibility index (Phi) is 4.63. The van der Waals surface area contributed by atoms with Gasteiger partial charge in [-0.25, -0.2) is 0 Å². The third-order valence-corrected chi connectivity index (χ3v) is 2.98. The molecule has 1 aromatic carbocycles. The average Bonchev–Trinajstić information content (AvgIpc) is 2.23. The Bertz CT molecular complexity index is 294. The number of phenols is 1. The fraction of sp³-hybridized carbons (Fsp3) is 0.538. The van der Waals surface area contributed by atoms with Gasteiger partial charge in [-0.3, -0.25) is 4.90 Å². The van der Waals surface area contributed by atoms with E-state index in [9.17, 15) is 5.11 Å². The Balaban J connectivity index is 2.65. The van der Waals surface area contributed by atoms with Crippen molar-refractivity contribution >= 4 is 0 Å². The van der Waals surface area contributed by atoms with Gasteiger partial charge in [0.05, 0.1) is 0 Å². The second-order valence-corrected chi connectivity index (χ2v) is 4.01. The molecule has 0 heterocycles. The molecule has 0 saturated carbocycles. The van der Waals surface area contributed by atoms with Crippen molar-refractivity contribution in [1.29, 1.82) is 0 Å². The van der Waals surface area contributed by atoms with E-state index in [1.807, 2.05) is 18.2 Å². The highest BCUT2D eigenvalue weighted by molar-refractivity contribution is 5.31. The number of hydrogen-bond donors (Lipinski definition) is 1. The zero-order chi connectivity index (χ0) is 11.3. The van der Waals surface area contributed by atoms with E-state index in [-0.39, 0.29) is 0 Å². The van der Waals surface area contributed by atoms with Gasteiger partial charge in [-0.2, -0.15) is 0 Å². The summed E-state index contributed by atoms with van der Waals surface area (Å²) in [6, 6.07) is 8.15. The summed E-state index contributed by atoms with van der Waals surface area (Å²) < 4.78 is 0. The summed E-state index contributed by atoms with van der Waals surface area (Å²) in [5.74, 6) is 0.398. The molecule has 0 unspecified atom stereocenters. The number of benzene rings is 1. The molecule has 1 N–H and O–H groups in total. The maximum atomic E-state index is 9.66. The molecular weight excluding hydrogens is 186 g/mol. The van der Waals surface area contributed by atoms with Gasteiger partial charge in [-0.05, 0) is 26.0 Å². The minimum Gasteiger partial charge on any atom is -0.508 e. The predicted octanol–water partition coefficient (Wildman–Crippen LogP) is 3.01. The van der Waals surface area contributed by atoms with Crippen molar-refractivity contribution in [2.75, 3.05) is 7.05 Å². The molecule has 0 amide bonds. The van der Waals surface area contributed by atoms with Gasteiger partial charge in [0.2, 0.25) is 0 Å². The van der Waals surface area contributed by atoms with Crippen LogP contribution in [-0.2, 0) is 6.54 Å². The standard InChI is InChI=1S/C13H21NO/c1-4-12(5-2)14(3)10-11-8-6-7-9-13(11)15/h6-9,12,15H,4-5,10H2,1-3H3. The second-order valence-electron chi connectivity index (χ2n) is 4.01. The lowest BCUT2D eigenvalue weighted by molar-refractivity contribution is 0.219. The Morgan fingerprint density at radius 3 is 2.33 bits per heavy atom. The Hall–Kier alpha value is -1.02. The van der Waals surface area contributed by atoms with Crippen molar-refractivity contribution in [2.45, 2.75) is 39.3 Å². The minimum absolute atomic E-state index is 0.398. The fourth-order valence-electron chi connectivity index (χ4n) is 1.95. The number of nitrogens with zero attached hydrogens (tertiary/aromatic N) is 1. The molecule has 84 valence electrons. The summed E-state index contributed by atoms with van der Waals surface area (Å²) in [5.41, 5.74) is 1.01. The van der Waals surface area contributed by atoms with Gasteiger partial charge in [0.15, 0.2) is 0 Å². The predicted molar refractivity (Wildman–Crippen MR) is 63.9 cm³/mol. The summed E-state index contributed by atoms with van der Waals surface area (Å²) in [7, 11) is 2.12. The maximum Gasteiger partial charge on any atom is 0.120 e. The zero-order valence-electron chi connectivity index (χ0n) is 9.90. The van der Waals surface area contributed by atoms with Crippen LogP contribution in [0.1, 0.15) is 32.3 Å². The molecule has 2 heteroatoms. The topological polar surface area (TPSA) is 23.5 Å². The van der Waals surface area contributed by atoms with Crippen molar-refractivity contribution in [3.63, 3.8) is 0 Å². The molecule has 2 nitrogen and oxygen atoms in total. The smallest absolute Gasteiger partial charge is 0.120 e. The minimum atomic E-state index is 0.398. The van der Waals surface area contributed by atoms with Gasteiger partial charge >= 0.3 is 0 Å². The van der Waals surface area contributed by atoms with E-state index in [0.717, 1.165) is 24.9 Å². The van der Waals surface area contributed by atoms with Crippen molar-refractivity contribution in [3.8, 4) is 5.75 Å². The van der Waals surface area contributed by atoms with Crippen LogP contribution < -0.4 is 0 Å². The number of phenolic OH excluding ortho intramolecular Hbond substituents is 1. The number of rotatable bonds is 5. The van der Waals surface area contributed by atoms with Crippen LogP contribution in [0.25, 0.3) is 0 Å². The molecule has 0 radical (unpaired) electrons. The van der Waals surface area contributed by atoms with Crippen molar-refractivity contribution in [2.24, 2.45) is 0 Å². The summed E-state index contributed by atoms with van der Waals surface area (Å²) in [4.78, 5) is 2.30. The van der Waals surface area contributed by atoms with E-state index in [4.69, 9.17) is 0 Å². The highest BCUT2D eigenvalue weighted by atomic mass is 16.3. The Morgan fingerprint density at radius 1 is 1.20 bits per heavy atom. The van der Waals surface area contributed by atoms with E-state index in [2.05, 4.69) is 25.8 Å². The monoisotopic (exact) mass is 207 g/mol. The molecular formula is C13H21NO. The lowest BCUT2D eigenvalue weighted by Crippen LogP contribution is -2.29. The maximum absolute atomic E-state index is 9.66. The molecule has 0 aliphatic heterocycles. The van der Waals surface area contributed by atoms with Crippen LogP contribution in [0.2, 0.25) is 0 Å². The molecule has 0 aliphatic carbocycles. The molecule has 1 aromatic rings. The molecule has 0 aromatic heterocycles. The lowest BCUT2D eigenvalue weighted by atomic mass is 10.1.